The van der Waals surface area contributed by atoms with Crippen molar-refractivity contribution in [2.24, 2.45) is 7.05 Å². The van der Waals surface area contributed by atoms with Gasteiger partial charge in [0.15, 0.2) is 16.7 Å². The molecule has 0 saturated carbocycles. The molecule has 0 aliphatic rings. The number of hydrogen-bond acceptors (Lipinski definition) is 5. The van der Waals surface area contributed by atoms with Crippen molar-refractivity contribution in [2.75, 3.05) is 14.1 Å². The van der Waals surface area contributed by atoms with E-state index >= 15 is 0 Å². The van der Waals surface area contributed by atoms with E-state index in [-0.39, 0.29) is 11.2 Å². The van der Waals surface area contributed by atoms with E-state index in [1.54, 1.807) is 31.3 Å². The predicted octanol–water partition coefficient (Wildman–Crippen LogP) is 3.00. The van der Waals surface area contributed by atoms with Crippen LogP contribution in [0.2, 0.25) is 0 Å². The topological polar surface area (TPSA) is 64.2 Å². The Balaban J connectivity index is 1.93. The van der Waals surface area contributed by atoms with Gasteiger partial charge in [-0.05, 0) is 17.7 Å². The number of rotatable bonds is 5. The predicted molar refractivity (Wildman–Crippen MR) is 92.4 cm³/mol. The zero-order valence-corrected chi connectivity index (χ0v) is 14.5. The van der Waals surface area contributed by atoms with Crippen LogP contribution in [0.15, 0.2) is 58.3 Å². The molecule has 0 radical (unpaired) electrons. The number of thioether (sulfide) groups is 1. The van der Waals surface area contributed by atoms with Gasteiger partial charge in [-0.25, -0.2) is 0 Å². The van der Waals surface area contributed by atoms with E-state index in [9.17, 15) is 4.79 Å². The lowest BCUT2D eigenvalue weighted by molar-refractivity contribution is -0.128. The lowest BCUT2D eigenvalue weighted by Crippen LogP contribution is -2.26. The molecule has 6 nitrogen and oxygen atoms in total. The van der Waals surface area contributed by atoms with E-state index in [0.717, 1.165) is 5.56 Å². The highest BCUT2D eigenvalue weighted by molar-refractivity contribution is 8.00. The highest BCUT2D eigenvalue weighted by Gasteiger charge is 2.26. The third-order valence-electron chi connectivity index (χ3n) is 3.57. The van der Waals surface area contributed by atoms with Gasteiger partial charge in [-0.2, -0.15) is 0 Å². The zero-order valence-electron chi connectivity index (χ0n) is 13.7. The first-order valence-electron chi connectivity index (χ1n) is 7.44. The summed E-state index contributed by atoms with van der Waals surface area (Å²) >= 11 is 1.38. The van der Waals surface area contributed by atoms with Gasteiger partial charge >= 0.3 is 0 Å². The Morgan fingerprint density at radius 3 is 2.54 bits per heavy atom. The maximum atomic E-state index is 12.6. The molecule has 0 unspecified atom stereocenters. The Morgan fingerprint density at radius 2 is 1.92 bits per heavy atom. The van der Waals surface area contributed by atoms with Crippen LogP contribution in [0, 0.1) is 0 Å². The lowest BCUT2D eigenvalue weighted by Gasteiger charge is -2.20. The molecular formula is C17H18N4O2S. The second-order valence-corrected chi connectivity index (χ2v) is 6.56. The van der Waals surface area contributed by atoms with Crippen LogP contribution in [0.1, 0.15) is 10.8 Å². The van der Waals surface area contributed by atoms with Crippen molar-refractivity contribution < 1.29 is 9.21 Å². The van der Waals surface area contributed by atoms with Crippen LogP contribution in [-0.4, -0.2) is 39.7 Å². The van der Waals surface area contributed by atoms with Crippen molar-refractivity contribution in [1.29, 1.82) is 0 Å². The summed E-state index contributed by atoms with van der Waals surface area (Å²) in [4.78, 5) is 14.2. The molecule has 0 aliphatic heterocycles. The molecule has 3 aromatic rings. The van der Waals surface area contributed by atoms with Crippen LogP contribution < -0.4 is 0 Å². The first-order valence-corrected chi connectivity index (χ1v) is 8.32. The Morgan fingerprint density at radius 1 is 1.17 bits per heavy atom. The smallest absolute Gasteiger partial charge is 0.240 e. The molecule has 2 aromatic heterocycles. The zero-order chi connectivity index (χ0) is 17.1. The number of nitrogens with zero attached hydrogens (tertiary/aromatic N) is 4. The molecular weight excluding hydrogens is 324 g/mol. The maximum absolute atomic E-state index is 12.6. The molecule has 124 valence electrons. The number of carbonyl (C=O) groups is 1. The molecule has 0 aliphatic carbocycles. The Hall–Kier alpha value is -2.54. The van der Waals surface area contributed by atoms with E-state index in [1.165, 1.54) is 11.8 Å². The number of hydrogen-bond donors (Lipinski definition) is 0. The van der Waals surface area contributed by atoms with Crippen molar-refractivity contribution >= 4 is 17.7 Å². The fourth-order valence-electron chi connectivity index (χ4n) is 2.27. The molecule has 0 fully saturated rings. The summed E-state index contributed by atoms with van der Waals surface area (Å²) in [5, 5.41) is 8.68. The Labute approximate surface area is 144 Å². The van der Waals surface area contributed by atoms with E-state index in [1.807, 2.05) is 48.0 Å². The molecule has 3 rings (SSSR count). The SMILES string of the molecule is CN(C)C(=O)[C@@H](Sc1nnc(-c2ccco2)n1C)c1ccccc1. The van der Waals surface area contributed by atoms with Gasteiger partial charge in [0, 0.05) is 21.1 Å². The summed E-state index contributed by atoms with van der Waals surface area (Å²) in [5.41, 5.74) is 0.934. The third kappa shape index (κ3) is 3.21. The van der Waals surface area contributed by atoms with Gasteiger partial charge in [0.25, 0.3) is 0 Å². The standard InChI is InChI=1S/C17H18N4O2S/c1-20(2)16(22)14(12-8-5-4-6-9-12)24-17-19-18-15(21(17)3)13-10-7-11-23-13/h4-11,14H,1-3H3/t14-/m0/s1. The lowest BCUT2D eigenvalue weighted by atomic mass is 10.1. The third-order valence-corrected chi connectivity index (χ3v) is 4.84. The Kier molecular flexibility index (Phi) is 4.71. The van der Waals surface area contributed by atoms with Crippen LogP contribution in [0.4, 0.5) is 0 Å². The van der Waals surface area contributed by atoms with Crippen LogP contribution >= 0.6 is 11.8 Å². The summed E-state index contributed by atoms with van der Waals surface area (Å²) in [5.74, 6) is 1.28. The highest BCUT2D eigenvalue weighted by atomic mass is 32.2. The summed E-state index contributed by atoms with van der Waals surface area (Å²) in [6, 6.07) is 13.3. The van der Waals surface area contributed by atoms with Crippen LogP contribution in [0.3, 0.4) is 0 Å². The number of carbonyl (C=O) groups excluding carboxylic acids is 1. The minimum absolute atomic E-state index is 0.00810. The van der Waals surface area contributed by atoms with E-state index in [2.05, 4.69) is 10.2 Å². The van der Waals surface area contributed by atoms with Gasteiger partial charge in [-0.3, -0.25) is 4.79 Å². The molecule has 0 spiro atoms. The fraction of sp³-hybridized carbons (Fsp3) is 0.235. The summed E-state index contributed by atoms with van der Waals surface area (Å²) < 4.78 is 7.22. The molecule has 7 heteroatoms. The minimum Gasteiger partial charge on any atom is -0.461 e. The first-order chi connectivity index (χ1) is 11.6. The maximum Gasteiger partial charge on any atom is 0.240 e. The molecule has 0 N–H and O–H groups in total. The summed E-state index contributed by atoms with van der Waals surface area (Å²) in [6.07, 6.45) is 1.60. The van der Waals surface area contributed by atoms with Crippen molar-refractivity contribution in [2.45, 2.75) is 10.4 Å². The van der Waals surface area contributed by atoms with Crippen LogP contribution in [-0.2, 0) is 11.8 Å². The molecule has 1 aromatic carbocycles. The monoisotopic (exact) mass is 342 g/mol. The van der Waals surface area contributed by atoms with Gasteiger partial charge in [-0.1, -0.05) is 42.1 Å². The normalized spacial score (nSPS) is 12.1. The van der Waals surface area contributed by atoms with Crippen LogP contribution in [0.5, 0.6) is 0 Å². The second kappa shape index (κ2) is 6.92. The average Bonchev–Trinajstić information content (AvgIpc) is 3.23. The summed E-state index contributed by atoms with van der Waals surface area (Å²) in [7, 11) is 5.37. The molecule has 0 saturated heterocycles. The molecule has 24 heavy (non-hydrogen) atoms. The van der Waals surface area contributed by atoms with Crippen LogP contribution in [0.25, 0.3) is 11.6 Å². The van der Waals surface area contributed by atoms with Crippen molar-refractivity contribution in [1.82, 2.24) is 19.7 Å². The van der Waals surface area contributed by atoms with Crippen molar-refractivity contribution in [3.05, 3.63) is 54.3 Å². The largest absolute Gasteiger partial charge is 0.461 e. The fourth-order valence-corrected chi connectivity index (χ4v) is 3.41. The summed E-state index contributed by atoms with van der Waals surface area (Å²) in [6.45, 7) is 0. The molecule has 2 heterocycles. The van der Waals surface area contributed by atoms with E-state index < -0.39 is 0 Å². The molecule has 0 bridgehead atoms. The number of benzene rings is 1. The van der Waals surface area contributed by atoms with Gasteiger partial charge in [0.05, 0.1) is 6.26 Å². The van der Waals surface area contributed by atoms with Gasteiger partial charge in [-0.15, -0.1) is 10.2 Å². The van der Waals surface area contributed by atoms with Crippen molar-refractivity contribution in [3.8, 4) is 11.6 Å². The molecule has 1 atom stereocenters. The average molecular weight is 342 g/mol. The first kappa shape index (κ1) is 16.3. The van der Waals surface area contributed by atoms with Gasteiger partial charge < -0.3 is 13.9 Å². The van der Waals surface area contributed by atoms with Gasteiger partial charge in [0.2, 0.25) is 5.91 Å². The van der Waals surface area contributed by atoms with Gasteiger partial charge in [0.1, 0.15) is 5.25 Å². The minimum atomic E-state index is -0.381. The van der Waals surface area contributed by atoms with E-state index in [4.69, 9.17) is 4.42 Å². The number of aromatic nitrogens is 3. The number of amides is 1. The Bertz CT molecular complexity index is 813. The highest BCUT2D eigenvalue weighted by Crippen LogP contribution is 2.36. The molecule has 1 amide bonds. The van der Waals surface area contributed by atoms with E-state index in [0.29, 0.717) is 16.7 Å². The number of furan rings is 1. The number of likely N-dealkylation sites (N-methyl/N-ethyl adjacent to an activating group) is 1. The second-order valence-electron chi connectivity index (χ2n) is 5.48. The van der Waals surface area contributed by atoms with Crippen molar-refractivity contribution in [3.63, 3.8) is 0 Å². The quantitative estimate of drug-likeness (QED) is 0.667.